The van der Waals surface area contributed by atoms with Crippen molar-refractivity contribution in [3.05, 3.63) is 0 Å². The van der Waals surface area contributed by atoms with Crippen molar-refractivity contribution in [2.45, 2.75) is 58.6 Å². The number of aliphatic hydroxyl groups is 1. The lowest BCUT2D eigenvalue weighted by Crippen LogP contribution is -2.48. The lowest BCUT2D eigenvalue weighted by atomic mass is 9.82. The summed E-state index contributed by atoms with van der Waals surface area (Å²) < 4.78 is 4.74. The van der Waals surface area contributed by atoms with E-state index in [0.29, 0.717) is 12.3 Å². The molecule has 0 saturated heterocycles. The number of hydrogen-bond acceptors (Lipinski definition) is 4. The smallest absolute Gasteiger partial charge is 0.311 e. The number of ether oxygens (including phenoxy) is 1. The number of rotatable bonds is 6. The van der Waals surface area contributed by atoms with E-state index in [9.17, 15) is 14.7 Å². The lowest BCUT2D eigenvalue weighted by Gasteiger charge is -2.33. The number of methoxy groups -OCH3 is 1. The van der Waals surface area contributed by atoms with Crippen LogP contribution in [-0.4, -0.2) is 36.2 Å². The number of esters is 1. The molecule has 0 radical (unpaired) electrons. The molecular formula is C15H27NO4. The Labute approximate surface area is 121 Å². The normalized spacial score (nSPS) is 27.4. The van der Waals surface area contributed by atoms with Crippen LogP contribution >= 0.6 is 0 Å². The van der Waals surface area contributed by atoms with Crippen molar-refractivity contribution < 1.29 is 19.4 Å². The average molecular weight is 285 g/mol. The largest absolute Gasteiger partial charge is 0.469 e. The molecule has 5 heteroatoms. The molecule has 0 aromatic rings. The van der Waals surface area contributed by atoms with E-state index in [2.05, 4.69) is 19.2 Å². The first kappa shape index (κ1) is 17.0. The SMILES string of the molecule is CCC(CC)C(NC(C)=O)C1CCC(C(=O)OC)C1O. The van der Waals surface area contributed by atoms with Gasteiger partial charge in [-0.25, -0.2) is 0 Å². The Kier molecular flexibility index (Phi) is 6.46. The minimum absolute atomic E-state index is 0.0760. The van der Waals surface area contributed by atoms with Gasteiger partial charge in [0.1, 0.15) is 0 Å². The summed E-state index contributed by atoms with van der Waals surface area (Å²) in [5.74, 6) is -0.666. The van der Waals surface area contributed by atoms with Gasteiger partial charge in [0.2, 0.25) is 5.91 Å². The maximum Gasteiger partial charge on any atom is 0.311 e. The van der Waals surface area contributed by atoms with Gasteiger partial charge in [0.05, 0.1) is 19.1 Å². The van der Waals surface area contributed by atoms with E-state index in [1.54, 1.807) is 0 Å². The number of hydrogen-bond donors (Lipinski definition) is 2. The Morgan fingerprint density at radius 1 is 1.30 bits per heavy atom. The van der Waals surface area contributed by atoms with Gasteiger partial charge in [-0.3, -0.25) is 9.59 Å². The summed E-state index contributed by atoms with van der Waals surface area (Å²) in [7, 11) is 1.34. The molecule has 116 valence electrons. The molecule has 0 spiro atoms. The fraction of sp³-hybridized carbons (Fsp3) is 0.867. The van der Waals surface area contributed by atoms with Crippen LogP contribution in [0.1, 0.15) is 46.5 Å². The third-order valence-electron chi connectivity index (χ3n) is 4.55. The second kappa shape index (κ2) is 7.62. The second-order valence-electron chi connectivity index (χ2n) is 5.66. The van der Waals surface area contributed by atoms with Gasteiger partial charge in [0.25, 0.3) is 0 Å². The van der Waals surface area contributed by atoms with Gasteiger partial charge in [0.15, 0.2) is 0 Å². The molecule has 2 N–H and O–H groups in total. The first-order chi connectivity index (χ1) is 9.46. The van der Waals surface area contributed by atoms with Gasteiger partial charge in [-0.1, -0.05) is 26.7 Å². The quantitative estimate of drug-likeness (QED) is 0.725. The van der Waals surface area contributed by atoms with E-state index in [0.717, 1.165) is 19.3 Å². The van der Waals surface area contributed by atoms with Crippen LogP contribution in [0, 0.1) is 17.8 Å². The summed E-state index contributed by atoms with van der Waals surface area (Å²) in [5, 5.41) is 13.4. The highest BCUT2D eigenvalue weighted by atomic mass is 16.5. The van der Waals surface area contributed by atoms with Crippen molar-refractivity contribution in [3.8, 4) is 0 Å². The van der Waals surface area contributed by atoms with Gasteiger partial charge in [-0.15, -0.1) is 0 Å². The first-order valence-electron chi connectivity index (χ1n) is 7.49. The number of aliphatic hydroxyl groups excluding tert-OH is 1. The molecule has 1 aliphatic rings. The van der Waals surface area contributed by atoms with E-state index in [1.165, 1.54) is 14.0 Å². The lowest BCUT2D eigenvalue weighted by molar-refractivity contribution is -0.149. The van der Waals surface area contributed by atoms with Crippen LogP contribution < -0.4 is 5.32 Å². The van der Waals surface area contributed by atoms with E-state index >= 15 is 0 Å². The molecule has 1 aliphatic carbocycles. The van der Waals surface area contributed by atoms with E-state index < -0.39 is 12.0 Å². The van der Waals surface area contributed by atoms with Crippen LogP contribution in [0.3, 0.4) is 0 Å². The maximum atomic E-state index is 11.7. The van der Waals surface area contributed by atoms with Gasteiger partial charge in [0, 0.05) is 18.9 Å². The van der Waals surface area contributed by atoms with Crippen LogP contribution in [0.5, 0.6) is 0 Å². The van der Waals surface area contributed by atoms with E-state index in [-0.39, 0.29) is 23.8 Å². The number of carbonyl (C=O) groups excluding carboxylic acids is 2. The molecule has 0 aromatic carbocycles. The summed E-state index contributed by atoms with van der Waals surface area (Å²) >= 11 is 0. The average Bonchev–Trinajstić information content (AvgIpc) is 2.79. The molecule has 1 saturated carbocycles. The highest BCUT2D eigenvalue weighted by Gasteiger charge is 2.45. The molecule has 4 unspecified atom stereocenters. The highest BCUT2D eigenvalue weighted by Crippen LogP contribution is 2.37. The van der Waals surface area contributed by atoms with Crippen LogP contribution in [0.4, 0.5) is 0 Å². The van der Waals surface area contributed by atoms with Gasteiger partial charge in [-0.05, 0) is 18.8 Å². The van der Waals surface area contributed by atoms with Crippen molar-refractivity contribution in [2.75, 3.05) is 7.11 Å². The molecule has 1 fully saturated rings. The summed E-state index contributed by atoms with van der Waals surface area (Å²) in [6, 6.07) is -0.0767. The topological polar surface area (TPSA) is 75.6 Å². The fourth-order valence-electron chi connectivity index (χ4n) is 3.42. The highest BCUT2D eigenvalue weighted by molar-refractivity contribution is 5.74. The van der Waals surface area contributed by atoms with Crippen LogP contribution in [0.2, 0.25) is 0 Å². The molecule has 20 heavy (non-hydrogen) atoms. The number of nitrogens with one attached hydrogen (secondary N) is 1. The van der Waals surface area contributed by atoms with Gasteiger partial charge >= 0.3 is 5.97 Å². The molecule has 0 aliphatic heterocycles. The van der Waals surface area contributed by atoms with Crippen LogP contribution in [0.15, 0.2) is 0 Å². The van der Waals surface area contributed by atoms with Crippen molar-refractivity contribution in [3.63, 3.8) is 0 Å². The van der Waals surface area contributed by atoms with Crippen molar-refractivity contribution in [1.29, 1.82) is 0 Å². The predicted molar refractivity (Wildman–Crippen MR) is 75.9 cm³/mol. The summed E-state index contributed by atoms with van der Waals surface area (Å²) in [4.78, 5) is 23.1. The Morgan fingerprint density at radius 2 is 1.90 bits per heavy atom. The standard InChI is InChI=1S/C15H27NO4/c1-5-10(6-2)13(16-9(3)17)11-7-8-12(14(11)18)15(19)20-4/h10-14,18H,5-8H2,1-4H3,(H,16,17). The minimum atomic E-state index is -0.736. The Balaban J connectivity index is 2.86. The number of carbonyl (C=O) groups is 2. The summed E-state index contributed by atoms with van der Waals surface area (Å²) in [6.07, 6.45) is 2.50. The monoisotopic (exact) mass is 285 g/mol. The molecule has 5 nitrogen and oxygen atoms in total. The Morgan fingerprint density at radius 3 is 2.35 bits per heavy atom. The van der Waals surface area contributed by atoms with Crippen LogP contribution in [0.25, 0.3) is 0 Å². The molecule has 4 atom stereocenters. The first-order valence-corrected chi connectivity index (χ1v) is 7.49. The van der Waals surface area contributed by atoms with E-state index in [1.807, 2.05) is 0 Å². The minimum Gasteiger partial charge on any atom is -0.469 e. The zero-order valence-corrected chi connectivity index (χ0v) is 12.9. The van der Waals surface area contributed by atoms with Gasteiger partial charge < -0.3 is 15.2 Å². The molecular weight excluding hydrogens is 258 g/mol. The molecule has 1 rings (SSSR count). The summed E-state index contributed by atoms with van der Waals surface area (Å²) in [5.41, 5.74) is 0. The summed E-state index contributed by atoms with van der Waals surface area (Å²) in [6.45, 7) is 5.67. The third-order valence-corrected chi connectivity index (χ3v) is 4.55. The van der Waals surface area contributed by atoms with Crippen LogP contribution in [-0.2, 0) is 14.3 Å². The number of amides is 1. The molecule has 0 bridgehead atoms. The molecule has 1 amide bonds. The zero-order valence-electron chi connectivity index (χ0n) is 12.9. The maximum absolute atomic E-state index is 11.7. The fourth-order valence-corrected chi connectivity index (χ4v) is 3.42. The Hall–Kier alpha value is -1.10. The molecule has 0 heterocycles. The second-order valence-corrected chi connectivity index (χ2v) is 5.66. The Bertz CT molecular complexity index is 341. The van der Waals surface area contributed by atoms with Crippen molar-refractivity contribution in [1.82, 2.24) is 5.32 Å². The molecule has 0 aromatic heterocycles. The third kappa shape index (κ3) is 3.72. The van der Waals surface area contributed by atoms with Gasteiger partial charge in [-0.2, -0.15) is 0 Å². The predicted octanol–water partition coefficient (Wildman–Crippen LogP) is 1.49. The van der Waals surface area contributed by atoms with Crippen molar-refractivity contribution in [2.24, 2.45) is 17.8 Å². The van der Waals surface area contributed by atoms with Crippen molar-refractivity contribution >= 4 is 11.9 Å². The zero-order chi connectivity index (χ0) is 15.3. The van der Waals surface area contributed by atoms with E-state index in [4.69, 9.17) is 4.74 Å².